The topological polar surface area (TPSA) is 180 Å². The van der Waals surface area contributed by atoms with Crippen molar-refractivity contribution in [1.82, 2.24) is 15.2 Å². The number of halogens is 2. The molecule has 1 aromatic heterocycles. The average Bonchev–Trinajstić information content (AvgIpc) is 3.65. The lowest BCUT2D eigenvalue weighted by Crippen LogP contribution is -2.52. The zero-order valence-corrected chi connectivity index (χ0v) is 31.6. The second-order valence-corrected chi connectivity index (χ2v) is 14.1. The average molecular weight is 777 g/mol. The molecule has 0 spiro atoms. The fraction of sp³-hybridized carbons (Fsp3) is 0.350. The number of rotatable bonds is 18. The van der Waals surface area contributed by atoms with Crippen LogP contribution in [0.4, 0.5) is 0 Å². The van der Waals surface area contributed by atoms with E-state index in [2.05, 4.69) is 21.3 Å². The number of likely N-dealkylation sites (tertiary alicyclic amines) is 1. The third kappa shape index (κ3) is 9.79. The van der Waals surface area contributed by atoms with E-state index < -0.39 is 18.1 Å². The van der Waals surface area contributed by atoms with Crippen molar-refractivity contribution >= 4 is 35.1 Å². The van der Waals surface area contributed by atoms with Crippen LogP contribution in [0.15, 0.2) is 67.0 Å². The second kappa shape index (κ2) is 18.4. The molecule has 4 aromatic rings. The van der Waals surface area contributed by atoms with Crippen LogP contribution in [-0.2, 0) is 29.3 Å². The van der Waals surface area contributed by atoms with Crippen LogP contribution < -0.4 is 25.3 Å². The molecule has 0 saturated carbocycles. The largest absolute Gasteiger partial charge is 0.492 e. The highest BCUT2D eigenvalue weighted by molar-refractivity contribution is 6.35. The number of pyridine rings is 1. The summed E-state index contributed by atoms with van der Waals surface area (Å²) in [6.07, 6.45) is 5.50. The van der Waals surface area contributed by atoms with Crippen LogP contribution in [0.2, 0.25) is 10.0 Å². The van der Waals surface area contributed by atoms with Crippen LogP contribution >= 0.6 is 23.2 Å². The number of ether oxygens (including phenoxy) is 3. The number of hydrogen-bond donors (Lipinski definition) is 4. The number of nitrogens with one attached hydrogen (secondary N) is 1. The predicted octanol–water partition coefficient (Wildman–Crippen LogP) is 6.04. The summed E-state index contributed by atoms with van der Waals surface area (Å²) >= 11 is 13.6. The van der Waals surface area contributed by atoms with Crippen molar-refractivity contribution in [1.29, 1.82) is 5.26 Å². The lowest BCUT2D eigenvalue weighted by molar-refractivity contribution is -0.146. The van der Waals surface area contributed by atoms with Gasteiger partial charge in [0.2, 0.25) is 5.91 Å². The van der Waals surface area contributed by atoms with Crippen LogP contribution in [0.3, 0.4) is 0 Å². The number of nitrogens with two attached hydrogens (primary N) is 1. The van der Waals surface area contributed by atoms with Gasteiger partial charge in [0.05, 0.1) is 34.9 Å². The molecule has 1 aliphatic heterocycles. The first-order chi connectivity index (χ1) is 25.9. The van der Waals surface area contributed by atoms with Crippen molar-refractivity contribution in [3.8, 4) is 34.4 Å². The molecule has 1 saturated heterocycles. The molecule has 54 heavy (non-hydrogen) atoms. The number of carbonyl (C=O) groups is 2. The number of amides is 1. The van der Waals surface area contributed by atoms with E-state index in [4.69, 9.17) is 43.1 Å². The van der Waals surface area contributed by atoms with E-state index >= 15 is 0 Å². The fourth-order valence-corrected chi connectivity index (χ4v) is 6.74. The Morgan fingerprint density at radius 1 is 1.04 bits per heavy atom. The number of benzene rings is 3. The van der Waals surface area contributed by atoms with Gasteiger partial charge in [-0.3, -0.25) is 24.8 Å². The Morgan fingerprint density at radius 2 is 1.80 bits per heavy atom. The van der Waals surface area contributed by atoms with Crippen LogP contribution in [0.5, 0.6) is 17.2 Å². The zero-order valence-electron chi connectivity index (χ0n) is 30.1. The van der Waals surface area contributed by atoms with Crippen LogP contribution in [0, 0.1) is 18.3 Å². The maximum Gasteiger partial charge on any atom is 0.326 e. The number of nitrogens with zero attached hydrogens (tertiary/aromatic N) is 3. The first-order valence-corrected chi connectivity index (χ1v) is 18.2. The molecule has 5 N–H and O–H groups in total. The van der Waals surface area contributed by atoms with E-state index in [9.17, 15) is 25.1 Å². The minimum atomic E-state index is -1.61. The van der Waals surface area contributed by atoms with Gasteiger partial charge >= 0.3 is 5.97 Å². The van der Waals surface area contributed by atoms with Gasteiger partial charge in [0.15, 0.2) is 0 Å². The minimum Gasteiger partial charge on any atom is -0.492 e. The smallest absolute Gasteiger partial charge is 0.326 e. The Kier molecular flexibility index (Phi) is 13.7. The van der Waals surface area contributed by atoms with Gasteiger partial charge in [0, 0.05) is 48.2 Å². The maximum atomic E-state index is 11.8. The molecule has 0 bridgehead atoms. The molecule has 12 nitrogen and oxygen atoms in total. The standard InChI is InChI=1S/C40H43Cl2N5O7/c1-25-28(7-3-8-30(25)31-9-4-11-34(37(31)42)52-14-6-13-47-12-5-10-33(47)38(44)49)23-54-36-17-35(53-22-27-15-26(18-43)19-45-20-27)29(16-32(36)41)21-46-40(2,24-48)39(50)51/h3-4,7-9,11,15-17,19-20,33,46,48H,5-6,10,12-14,21-24H2,1-2H3,(H2,44,49)(H,50,51)/t33-,40+/m0/s1. The number of aliphatic hydroxyl groups is 1. The van der Waals surface area contributed by atoms with Crippen molar-refractivity contribution in [2.45, 2.75) is 64.4 Å². The van der Waals surface area contributed by atoms with E-state index in [1.54, 1.807) is 24.4 Å². The molecule has 0 aliphatic carbocycles. The summed E-state index contributed by atoms with van der Waals surface area (Å²) in [4.78, 5) is 29.7. The van der Waals surface area contributed by atoms with E-state index in [0.29, 0.717) is 52.1 Å². The predicted molar refractivity (Wildman–Crippen MR) is 205 cm³/mol. The van der Waals surface area contributed by atoms with Crippen molar-refractivity contribution in [3.05, 3.63) is 105 Å². The lowest BCUT2D eigenvalue weighted by Gasteiger charge is -2.25. The van der Waals surface area contributed by atoms with Crippen molar-refractivity contribution in [2.24, 2.45) is 5.73 Å². The fourth-order valence-electron chi connectivity index (χ4n) is 6.22. The molecule has 1 fully saturated rings. The number of aromatic nitrogens is 1. The van der Waals surface area contributed by atoms with E-state index in [0.717, 1.165) is 48.1 Å². The highest BCUT2D eigenvalue weighted by Crippen LogP contribution is 2.39. The maximum absolute atomic E-state index is 11.8. The summed E-state index contributed by atoms with van der Waals surface area (Å²) in [5, 5.41) is 32.3. The Bertz CT molecular complexity index is 2020. The Hall–Kier alpha value is -4.90. The number of primary amides is 1. The molecule has 14 heteroatoms. The normalized spacial score (nSPS) is 15.3. The summed E-state index contributed by atoms with van der Waals surface area (Å²) < 4.78 is 18.5. The highest BCUT2D eigenvalue weighted by atomic mass is 35.5. The monoisotopic (exact) mass is 775 g/mol. The molecule has 5 rings (SSSR count). The molecular formula is C40H43Cl2N5O7. The molecule has 2 atom stereocenters. The second-order valence-electron chi connectivity index (χ2n) is 13.3. The highest BCUT2D eigenvalue weighted by Gasteiger charge is 2.32. The van der Waals surface area contributed by atoms with E-state index in [-0.39, 0.29) is 36.7 Å². The van der Waals surface area contributed by atoms with Gasteiger partial charge in [-0.05, 0) is 74.5 Å². The molecule has 284 valence electrons. The van der Waals surface area contributed by atoms with Gasteiger partial charge in [-0.1, -0.05) is 53.5 Å². The summed E-state index contributed by atoms with van der Waals surface area (Å²) in [5.41, 5.74) is 9.04. The van der Waals surface area contributed by atoms with Crippen molar-refractivity contribution < 1.29 is 34.0 Å². The molecular weight excluding hydrogens is 733 g/mol. The quantitative estimate of drug-likeness (QED) is 0.0866. The number of aliphatic hydroxyl groups excluding tert-OH is 1. The van der Waals surface area contributed by atoms with Gasteiger partial charge in [0.1, 0.15) is 42.1 Å². The van der Waals surface area contributed by atoms with Crippen LogP contribution in [0.1, 0.15) is 54.0 Å². The van der Waals surface area contributed by atoms with E-state index in [1.165, 1.54) is 13.1 Å². The Morgan fingerprint density at radius 3 is 2.54 bits per heavy atom. The van der Waals surface area contributed by atoms with Gasteiger partial charge in [-0.2, -0.15) is 5.26 Å². The van der Waals surface area contributed by atoms with Gasteiger partial charge < -0.3 is 30.2 Å². The SMILES string of the molecule is Cc1c(COc2cc(OCc3cncc(C#N)c3)c(CN[C@](C)(CO)C(=O)O)cc2Cl)cccc1-c1cccc(OCCCN2CCC[C@H]2C(N)=O)c1Cl. The molecule has 3 aromatic carbocycles. The molecule has 1 aliphatic rings. The zero-order chi connectivity index (χ0) is 38.8. The molecule has 0 radical (unpaired) electrons. The van der Waals surface area contributed by atoms with Crippen LogP contribution in [-0.4, -0.2) is 69.9 Å². The number of carboxylic acid groups (broad SMARTS) is 1. The summed E-state index contributed by atoms with van der Waals surface area (Å²) in [7, 11) is 0. The van der Waals surface area contributed by atoms with Gasteiger partial charge in [-0.25, -0.2) is 0 Å². The first kappa shape index (κ1) is 40.3. The summed E-state index contributed by atoms with van der Waals surface area (Å²) in [6.45, 7) is 4.94. The minimum absolute atomic E-state index is 0.00801. The van der Waals surface area contributed by atoms with Gasteiger partial charge in [0.25, 0.3) is 0 Å². The van der Waals surface area contributed by atoms with Crippen LogP contribution in [0.25, 0.3) is 11.1 Å². The first-order valence-electron chi connectivity index (χ1n) is 17.5. The number of carboxylic acids is 1. The number of hydrogen-bond acceptors (Lipinski definition) is 10. The number of carbonyl (C=O) groups excluding carboxylic acids is 1. The third-order valence-electron chi connectivity index (χ3n) is 9.51. The number of nitriles is 1. The summed E-state index contributed by atoms with van der Waals surface area (Å²) in [5.74, 6) is -0.247. The molecule has 0 unspecified atom stereocenters. The van der Waals surface area contributed by atoms with Crippen molar-refractivity contribution in [2.75, 3.05) is 26.3 Å². The lowest BCUT2D eigenvalue weighted by atomic mass is 9.96. The van der Waals surface area contributed by atoms with E-state index in [1.807, 2.05) is 43.3 Å². The molecule has 2 heterocycles. The third-order valence-corrected chi connectivity index (χ3v) is 10.2. The Labute approximate surface area is 324 Å². The Balaban J connectivity index is 1.31. The molecule has 1 amide bonds. The number of aliphatic carboxylic acids is 1. The van der Waals surface area contributed by atoms with Crippen molar-refractivity contribution in [3.63, 3.8) is 0 Å². The van der Waals surface area contributed by atoms with Gasteiger partial charge in [-0.15, -0.1) is 0 Å². The summed E-state index contributed by atoms with van der Waals surface area (Å²) in [6, 6.07) is 18.3.